The molecule has 7 heteroatoms. The van der Waals surface area contributed by atoms with Gasteiger partial charge in [0.2, 0.25) is 5.91 Å². The highest BCUT2D eigenvalue weighted by Crippen LogP contribution is 2.51. The van der Waals surface area contributed by atoms with Crippen LogP contribution < -0.4 is 4.72 Å². The Morgan fingerprint density at radius 3 is 2.68 bits per heavy atom. The third kappa shape index (κ3) is 2.53. The van der Waals surface area contributed by atoms with E-state index in [0.717, 1.165) is 17.8 Å². The molecule has 0 unspecified atom stereocenters. The smallest absolute Gasteiger partial charge is 0.274 e. The number of halogens is 1. The maximum Gasteiger partial charge on any atom is 0.275 e. The van der Waals surface area contributed by atoms with Crippen molar-refractivity contribution in [1.82, 2.24) is 4.72 Å². The van der Waals surface area contributed by atoms with Crippen LogP contribution in [0.4, 0.5) is 0 Å². The first kappa shape index (κ1) is 13.4. The van der Waals surface area contributed by atoms with Crippen LogP contribution in [-0.4, -0.2) is 14.3 Å². The minimum Gasteiger partial charge on any atom is -0.274 e. The third-order valence-electron chi connectivity index (χ3n) is 4.00. The summed E-state index contributed by atoms with van der Waals surface area (Å²) in [5, 5.41) is 1.76. The molecule has 2 atom stereocenters. The summed E-state index contributed by atoms with van der Waals surface area (Å²) in [5.41, 5.74) is 0. The molecular formula is C12H14ClNO3S2. The molecule has 2 fully saturated rings. The maximum absolute atomic E-state index is 12.0. The molecule has 1 N–H and O–H groups in total. The Bertz CT molecular complexity index is 606. The molecule has 104 valence electrons. The number of hydrogen-bond acceptors (Lipinski definition) is 4. The average Bonchev–Trinajstić information content (AvgIpc) is 2.88. The van der Waals surface area contributed by atoms with Crippen LogP contribution >= 0.6 is 22.9 Å². The predicted molar refractivity (Wildman–Crippen MR) is 73.6 cm³/mol. The van der Waals surface area contributed by atoms with Gasteiger partial charge in [0.25, 0.3) is 10.0 Å². The molecule has 0 aromatic carbocycles. The molecule has 0 aliphatic heterocycles. The molecule has 1 amide bonds. The maximum atomic E-state index is 12.0. The van der Waals surface area contributed by atoms with Crippen LogP contribution in [0.1, 0.15) is 25.7 Å². The lowest BCUT2D eigenvalue weighted by Gasteiger charge is -2.25. The number of sulfonamides is 1. The van der Waals surface area contributed by atoms with E-state index in [4.69, 9.17) is 11.6 Å². The molecule has 2 saturated carbocycles. The largest absolute Gasteiger partial charge is 0.275 e. The fourth-order valence-electron chi connectivity index (χ4n) is 2.63. The Hall–Kier alpha value is -0.590. The van der Waals surface area contributed by atoms with Gasteiger partial charge in [0, 0.05) is 5.92 Å². The molecule has 2 aliphatic rings. The van der Waals surface area contributed by atoms with E-state index < -0.39 is 10.0 Å². The Morgan fingerprint density at radius 1 is 1.42 bits per heavy atom. The molecule has 19 heavy (non-hydrogen) atoms. The van der Waals surface area contributed by atoms with Gasteiger partial charge in [-0.2, -0.15) is 0 Å². The van der Waals surface area contributed by atoms with Crippen molar-refractivity contribution in [2.45, 2.75) is 29.9 Å². The summed E-state index contributed by atoms with van der Waals surface area (Å²) in [5.74, 6) is 0.520. The fourth-order valence-corrected chi connectivity index (χ4v) is 5.35. The zero-order chi connectivity index (χ0) is 13.6. The second kappa shape index (κ2) is 4.75. The molecular weight excluding hydrogens is 306 g/mol. The first-order chi connectivity index (χ1) is 8.99. The Labute approximate surface area is 121 Å². The SMILES string of the molecule is O=C(NS(=O)(=O)c1sccc1Cl)[C@@H]1C[C@H]1C1CCC1. The van der Waals surface area contributed by atoms with Gasteiger partial charge in [-0.05, 0) is 29.7 Å². The van der Waals surface area contributed by atoms with Crippen LogP contribution in [0.3, 0.4) is 0 Å². The summed E-state index contributed by atoms with van der Waals surface area (Å²) in [6.45, 7) is 0. The fraction of sp³-hybridized carbons (Fsp3) is 0.583. The van der Waals surface area contributed by atoms with E-state index in [1.54, 1.807) is 5.38 Å². The van der Waals surface area contributed by atoms with Crippen LogP contribution in [-0.2, 0) is 14.8 Å². The summed E-state index contributed by atoms with van der Waals surface area (Å²) in [6.07, 6.45) is 4.42. The Kier molecular flexibility index (Phi) is 3.35. The second-order valence-electron chi connectivity index (χ2n) is 5.22. The molecule has 1 aromatic rings. The number of thiophene rings is 1. The van der Waals surface area contributed by atoms with Gasteiger partial charge in [-0.3, -0.25) is 4.79 Å². The zero-order valence-electron chi connectivity index (χ0n) is 10.1. The van der Waals surface area contributed by atoms with Gasteiger partial charge in [0.1, 0.15) is 0 Å². The van der Waals surface area contributed by atoms with Crippen molar-refractivity contribution in [2.24, 2.45) is 17.8 Å². The summed E-state index contributed by atoms with van der Waals surface area (Å²) in [4.78, 5) is 12.0. The Morgan fingerprint density at radius 2 is 2.16 bits per heavy atom. The number of carbonyl (C=O) groups excluding carboxylic acids is 1. The van der Waals surface area contributed by atoms with E-state index in [1.807, 2.05) is 0 Å². The molecule has 3 rings (SSSR count). The van der Waals surface area contributed by atoms with Crippen molar-refractivity contribution < 1.29 is 13.2 Å². The summed E-state index contributed by atoms with van der Waals surface area (Å²) >= 11 is 6.81. The number of amides is 1. The number of rotatable bonds is 4. The van der Waals surface area contributed by atoms with E-state index in [-0.39, 0.29) is 21.1 Å². The molecule has 1 heterocycles. The van der Waals surface area contributed by atoms with Crippen LogP contribution in [0.25, 0.3) is 0 Å². The first-order valence-electron chi connectivity index (χ1n) is 6.28. The van der Waals surface area contributed by atoms with Crippen molar-refractivity contribution >= 4 is 38.9 Å². The lowest BCUT2D eigenvalue weighted by atomic mass is 9.81. The van der Waals surface area contributed by atoms with Gasteiger partial charge >= 0.3 is 0 Å². The van der Waals surface area contributed by atoms with Gasteiger partial charge in [-0.15, -0.1) is 11.3 Å². The monoisotopic (exact) mass is 319 g/mol. The Balaban J connectivity index is 1.65. The third-order valence-corrected chi connectivity index (χ3v) is 7.37. The van der Waals surface area contributed by atoms with Gasteiger partial charge < -0.3 is 0 Å². The van der Waals surface area contributed by atoms with Gasteiger partial charge in [-0.25, -0.2) is 13.1 Å². The predicted octanol–water partition coefficient (Wildman–Crippen LogP) is 2.64. The molecule has 2 aliphatic carbocycles. The quantitative estimate of drug-likeness (QED) is 0.928. The van der Waals surface area contributed by atoms with E-state index in [1.165, 1.54) is 25.3 Å². The number of carbonyl (C=O) groups is 1. The van der Waals surface area contributed by atoms with Crippen molar-refractivity contribution in [2.75, 3.05) is 0 Å². The molecule has 0 bridgehead atoms. The lowest BCUT2D eigenvalue weighted by Crippen LogP contribution is -2.32. The van der Waals surface area contributed by atoms with E-state index in [0.29, 0.717) is 11.8 Å². The molecule has 0 saturated heterocycles. The standard InChI is InChI=1S/C12H14ClNO3S2/c13-10-4-5-18-12(10)19(16,17)14-11(15)9-6-8(9)7-2-1-3-7/h4-5,7-9H,1-3,6H2,(H,14,15)/t8-,9+/m0/s1. The van der Waals surface area contributed by atoms with E-state index >= 15 is 0 Å². The van der Waals surface area contributed by atoms with E-state index in [9.17, 15) is 13.2 Å². The lowest BCUT2D eigenvalue weighted by molar-refractivity contribution is -0.121. The zero-order valence-corrected chi connectivity index (χ0v) is 12.5. The second-order valence-corrected chi connectivity index (χ2v) is 8.42. The van der Waals surface area contributed by atoms with Crippen molar-refractivity contribution in [3.63, 3.8) is 0 Å². The van der Waals surface area contributed by atoms with Crippen LogP contribution in [0.2, 0.25) is 5.02 Å². The molecule has 0 spiro atoms. The highest BCUT2D eigenvalue weighted by Gasteiger charge is 2.49. The van der Waals surface area contributed by atoms with Crippen molar-refractivity contribution in [1.29, 1.82) is 0 Å². The minimum atomic E-state index is -3.80. The van der Waals surface area contributed by atoms with Gasteiger partial charge in [0.05, 0.1) is 5.02 Å². The highest BCUT2D eigenvalue weighted by atomic mass is 35.5. The van der Waals surface area contributed by atoms with Gasteiger partial charge in [0.15, 0.2) is 4.21 Å². The first-order valence-corrected chi connectivity index (χ1v) is 9.03. The highest BCUT2D eigenvalue weighted by molar-refractivity contribution is 7.92. The topological polar surface area (TPSA) is 63.2 Å². The average molecular weight is 320 g/mol. The summed E-state index contributed by atoms with van der Waals surface area (Å²) < 4.78 is 26.2. The number of nitrogens with one attached hydrogen (secondary N) is 1. The normalized spacial score (nSPS) is 26.8. The molecule has 0 radical (unpaired) electrons. The van der Waals surface area contributed by atoms with E-state index in [2.05, 4.69) is 4.72 Å². The van der Waals surface area contributed by atoms with Crippen LogP contribution in [0.15, 0.2) is 15.7 Å². The summed E-state index contributed by atoms with van der Waals surface area (Å²) in [6, 6.07) is 1.51. The van der Waals surface area contributed by atoms with Crippen LogP contribution in [0, 0.1) is 17.8 Å². The van der Waals surface area contributed by atoms with Crippen molar-refractivity contribution in [3.05, 3.63) is 16.5 Å². The summed E-state index contributed by atoms with van der Waals surface area (Å²) in [7, 11) is -3.80. The van der Waals surface area contributed by atoms with Gasteiger partial charge in [-0.1, -0.05) is 30.9 Å². The van der Waals surface area contributed by atoms with Crippen LogP contribution in [0.5, 0.6) is 0 Å². The molecule has 1 aromatic heterocycles. The van der Waals surface area contributed by atoms with Crippen molar-refractivity contribution in [3.8, 4) is 0 Å². The minimum absolute atomic E-state index is 0.0170. The molecule has 4 nitrogen and oxygen atoms in total. The number of hydrogen-bond donors (Lipinski definition) is 1.